The predicted octanol–water partition coefficient (Wildman–Crippen LogP) is 2.91. The van der Waals surface area contributed by atoms with Crippen LogP contribution < -0.4 is 10.6 Å². The van der Waals surface area contributed by atoms with E-state index in [-0.39, 0.29) is 19.1 Å². The Hall–Kier alpha value is -4.00. The molecule has 0 bridgehead atoms. The number of fused-ring (bicyclic) bond motifs is 3. The number of aliphatic carboxylic acids is 1. The topological polar surface area (TPSA) is 105 Å². The molecule has 0 saturated heterocycles. The van der Waals surface area contributed by atoms with E-state index >= 15 is 0 Å². The Morgan fingerprint density at radius 2 is 1.58 bits per heavy atom. The van der Waals surface area contributed by atoms with Crippen molar-refractivity contribution < 1.29 is 37.4 Å². The van der Waals surface area contributed by atoms with Crippen molar-refractivity contribution in [2.24, 2.45) is 5.92 Å². The number of ether oxygens (including phenoxy) is 1. The summed E-state index contributed by atoms with van der Waals surface area (Å²) in [5, 5.41) is 12.7. The molecule has 2 amide bonds. The van der Waals surface area contributed by atoms with E-state index < -0.39 is 36.6 Å². The van der Waals surface area contributed by atoms with Crippen LogP contribution in [0.15, 0.2) is 48.5 Å². The number of alkyl halides is 3. The van der Waals surface area contributed by atoms with Gasteiger partial charge in [-0.15, -0.1) is 0 Å². The SMILES string of the molecule is O=C(C#CCNC(=O)OCC1c2ccccc2-c2ccccc21)NCC(C(=O)O)C(F)(F)F. The molecule has 2 aromatic carbocycles. The van der Waals surface area contributed by atoms with E-state index in [1.165, 1.54) is 0 Å². The monoisotopic (exact) mass is 460 g/mol. The molecular weight excluding hydrogens is 441 g/mol. The Labute approximate surface area is 186 Å². The summed E-state index contributed by atoms with van der Waals surface area (Å²) < 4.78 is 42.9. The summed E-state index contributed by atoms with van der Waals surface area (Å²) in [7, 11) is 0. The maximum atomic E-state index is 12.5. The number of alkyl carbamates (subject to hydrolysis) is 1. The van der Waals surface area contributed by atoms with Crippen LogP contribution in [0.3, 0.4) is 0 Å². The minimum atomic E-state index is -5.00. The molecule has 1 aliphatic carbocycles. The first kappa shape index (κ1) is 23.7. The molecule has 3 rings (SSSR count). The minimum absolute atomic E-state index is 0.0851. The predicted molar refractivity (Wildman–Crippen MR) is 111 cm³/mol. The van der Waals surface area contributed by atoms with Crippen molar-refractivity contribution in [3.8, 4) is 23.0 Å². The van der Waals surface area contributed by atoms with Gasteiger partial charge in [-0.1, -0.05) is 54.5 Å². The third-order valence-corrected chi connectivity index (χ3v) is 5.03. The number of benzene rings is 2. The molecular formula is C23H19F3N2O5. The lowest BCUT2D eigenvalue weighted by molar-refractivity contribution is -0.192. The number of amides is 2. The molecule has 0 heterocycles. The smallest absolute Gasteiger partial charge is 0.407 e. The number of rotatable bonds is 6. The second kappa shape index (κ2) is 10.1. The van der Waals surface area contributed by atoms with E-state index in [0.29, 0.717) is 0 Å². The van der Waals surface area contributed by atoms with E-state index in [9.17, 15) is 27.6 Å². The van der Waals surface area contributed by atoms with Gasteiger partial charge in [-0.3, -0.25) is 9.59 Å². The molecule has 7 nitrogen and oxygen atoms in total. The average Bonchev–Trinajstić information content (AvgIpc) is 3.08. The number of carboxylic acids is 1. The van der Waals surface area contributed by atoms with Gasteiger partial charge in [0.1, 0.15) is 6.61 Å². The molecule has 3 N–H and O–H groups in total. The number of halogens is 3. The van der Waals surface area contributed by atoms with E-state index in [4.69, 9.17) is 9.84 Å². The first-order valence-corrected chi connectivity index (χ1v) is 9.83. The van der Waals surface area contributed by atoms with Gasteiger partial charge >= 0.3 is 18.2 Å². The minimum Gasteiger partial charge on any atom is -0.481 e. The molecule has 10 heteroatoms. The van der Waals surface area contributed by atoms with Crippen LogP contribution in [0, 0.1) is 17.8 Å². The van der Waals surface area contributed by atoms with Crippen LogP contribution in [0.25, 0.3) is 11.1 Å². The third-order valence-electron chi connectivity index (χ3n) is 5.03. The first-order chi connectivity index (χ1) is 15.7. The van der Waals surface area contributed by atoms with Crippen LogP contribution in [-0.2, 0) is 14.3 Å². The number of carbonyl (C=O) groups is 3. The normalized spacial score (nSPS) is 13.1. The highest BCUT2D eigenvalue weighted by atomic mass is 19.4. The quantitative estimate of drug-likeness (QED) is 0.575. The summed E-state index contributed by atoms with van der Waals surface area (Å²) in [4.78, 5) is 34.1. The Kier molecular flexibility index (Phi) is 7.23. The summed E-state index contributed by atoms with van der Waals surface area (Å²) in [6, 6.07) is 15.6. The lowest BCUT2D eigenvalue weighted by Crippen LogP contribution is -2.40. The highest BCUT2D eigenvalue weighted by Crippen LogP contribution is 2.44. The number of hydrogen-bond acceptors (Lipinski definition) is 4. The number of hydrogen-bond donors (Lipinski definition) is 3. The van der Waals surface area contributed by atoms with Crippen molar-refractivity contribution in [1.82, 2.24) is 10.6 Å². The van der Waals surface area contributed by atoms with Crippen molar-refractivity contribution in [2.75, 3.05) is 19.7 Å². The number of nitrogens with one attached hydrogen (secondary N) is 2. The zero-order valence-electron chi connectivity index (χ0n) is 17.1. The van der Waals surface area contributed by atoms with E-state index in [0.717, 1.165) is 22.3 Å². The highest BCUT2D eigenvalue weighted by Gasteiger charge is 2.45. The van der Waals surface area contributed by atoms with Crippen LogP contribution >= 0.6 is 0 Å². The molecule has 0 spiro atoms. The van der Waals surface area contributed by atoms with Gasteiger partial charge in [-0.05, 0) is 28.2 Å². The molecule has 0 saturated carbocycles. The largest absolute Gasteiger partial charge is 0.481 e. The van der Waals surface area contributed by atoms with Gasteiger partial charge in [-0.2, -0.15) is 13.2 Å². The fraction of sp³-hybridized carbons (Fsp3) is 0.261. The standard InChI is InChI=1S/C23H19F3N2O5/c24-23(25,26)19(21(30)31)12-28-20(29)10-5-11-27-22(32)33-13-18-16-8-3-1-6-14(16)15-7-2-4-9-17(15)18/h1-4,6-9,18-19H,11-13H2,(H,27,32)(H,28,29)(H,30,31). The number of carboxylic acid groups (broad SMARTS) is 1. The van der Waals surface area contributed by atoms with Gasteiger partial charge < -0.3 is 20.5 Å². The van der Waals surface area contributed by atoms with Crippen molar-refractivity contribution in [3.05, 3.63) is 59.7 Å². The molecule has 0 aromatic heterocycles. The summed E-state index contributed by atoms with van der Waals surface area (Å²) in [5.41, 5.74) is 4.24. The molecule has 0 fully saturated rings. The lowest BCUT2D eigenvalue weighted by atomic mass is 9.98. The van der Waals surface area contributed by atoms with Crippen LogP contribution in [0.2, 0.25) is 0 Å². The Morgan fingerprint density at radius 3 is 2.12 bits per heavy atom. The van der Waals surface area contributed by atoms with Crippen LogP contribution in [0.5, 0.6) is 0 Å². The fourth-order valence-electron chi connectivity index (χ4n) is 3.47. The highest BCUT2D eigenvalue weighted by molar-refractivity contribution is 5.93. The van der Waals surface area contributed by atoms with Gasteiger partial charge in [0.25, 0.3) is 5.91 Å². The maximum absolute atomic E-state index is 12.5. The molecule has 2 aromatic rings. The molecule has 0 aliphatic heterocycles. The molecule has 1 atom stereocenters. The van der Waals surface area contributed by atoms with Crippen LogP contribution in [0.4, 0.5) is 18.0 Å². The van der Waals surface area contributed by atoms with Crippen LogP contribution in [-0.4, -0.2) is 48.9 Å². The van der Waals surface area contributed by atoms with Crippen molar-refractivity contribution in [2.45, 2.75) is 12.1 Å². The maximum Gasteiger partial charge on any atom is 0.407 e. The summed E-state index contributed by atoms with van der Waals surface area (Å²) in [6.45, 7) is -1.35. The zero-order chi connectivity index (χ0) is 24.0. The summed E-state index contributed by atoms with van der Waals surface area (Å²) >= 11 is 0. The van der Waals surface area contributed by atoms with Crippen molar-refractivity contribution in [1.29, 1.82) is 0 Å². The molecule has 1 unspecified atom stereocenters. The average molecular weight is 460 g/mol. The van der Waals surface area contributed by atoms with Gasteiger partial charge in [0.05, 0.1) is 6.54 Å². The third kappa shape index (κ3) is 5.83. The number of carbonyl (C=O) groups excluding carboxylic acids is 2. The Morgan fingerprint density at radius 1 is 1.00 bits per heavy atom. The molecule has 172 valence electrons. The van der Waals surface area contributed by atoms with Gasteiger partial charge in [0.2, 0.25) is 0 Å². The lowest BCUT2D eigenvalue weighted by Gasteiger charge is -2.15. The molecule has 33 heavy (non-hydrogen) atoms. The van der Waals surface area contributed by atoms with E-state index in [1.54, 1.807) is 5.32 Å². The fourth-order valence-corrected chi connectivity index (χ4v) is 3.47. The first-order valence-electron chi connectivity index (χ1n) is 9.83. The second-order valence-electron chi connectivity index (χ2n) is 7.12. The summed E-state index contributed by atoms with van der Waals surface area (Å²) in [6.07, 6.45) is -5.77. The second-order valence-corrected chi connectivity index (χ2v) is 7.12. The van der Waals surface area contributed by atoms with E-state index in [2.05, 4.69) is 11.2 Å². The molecule has 1 aliphatic rings. The zero-order valence-corrected chi connectivity index (χ0v) is 17.1. The van der Waals surface area contributed by atoms with Crippen molar-refractivity contribution >= 4 is 18.0 Å². The Bertz CT molecular complexity index is 1080. The Balaban J connectivity index is 1.46. The molecule has 0 radical (unpaired) electrons. The summed E-state index contributed by atoms with van der Waals surface area (Å²) in [5.74, 6) is -1.82. The van der Waals surface area contributed by atoms with Gasteiger partial charge in [0.15, 0.2) is 5.92 Å². The van der Waals surface area contributed by atoms with Crippen LogP contribution in [0.1, 0.15) is 17.0 Å². The van der Waals surface area contributed by atoms with Gasteiger partial charge in [0, 0.05) is 12.5 Å². The van der Waals surface area contributed by atoms with E-state index in [1.807, 2.05) is 54.5 Å². The van der Waals surface area contributed by atoms with Gasteiger partial charge in [-0.25, -0.2) is 4.79 Å². The van der Waals surface area contributed by atoms with Crippen molar-refractivity contribution in [3.63, 3.8) is 0 Å².